The Hall–Kier alpha value is -0.570. The van der Waals surface area contributed by atoms with Crippen LogP contribution in [0.5, 0.6) is 0 Å². The number of hydrogen-bond acceptors (Lipinski definition) is 3. The first kappa shape index (κ1) is 9.97. The summed E-state index contributed by atoms with van der Waals surface area (Å²) in [5.74, 6) is 1.27. The molecule has 3 heteroatoms. The molecule has 2 aliphatic rings. The van der Waals surface area contributed by atoms with E-state index in [1.165, 1.54) is 12.8 Å². The van der Waals surface area contributed by atoms with E-state index in [0.717, 1.165) is 12.8 Å². The molecule has 0 heterocycles. The van der Waals surface area contributed by atoms with Crippen molar-refractivity contribution in [2.24, 2.45) is 23.5 Å². The zero-order chi connectivity index (χ0) is 10.1. The molecule has 0 aliphatic heterocycles. The van der Waals surface area contributed by atoms with E-state index < -0.39 is 0 Å². The van der Waals surface area contributed by atoms with Crippen LogP contribution >= 0.6 is 0 Å². The van der Waals surface area contributed by atoms with Crippen LogP contribution < -0.4 is 5.73 Å². The van der Waals surface area contributed by atoms with Crippen molar-refractivity contribution in [1.82, 2.24) is 0 Å². The normalized spacial score (nSPS) is 41.0. The largest absolute Gasteiger partial charge is 0.466 e. The second kappa shape index (κ2) is 3.89. The predicted molar refractivity (Wildman–Crippen MR) is 53.5 cm³/mol. The Morgan fingerprint density at radius 2 is 1.93 bits per heavy atom. The van der Waals surface area contributed by atoms with Crippen LogP contribution in [0, 0.1) is 17.8 Å². The number of carbonyl (C=O) groups excluding carboxylic acids is 1. The average Bonchev–Trinajstić information content (AvgIpc) is 2.42. The lowest BCUT2D eigenvalue weighted by molar-refractivity contribution is -0.150. The number of ether oxygens (including phenoxy) is 1. The van der Waals surface area contributed by atoms with E-state index in [4.69, 9.17) is 10.5 Å². The van der Waals surface area contributed by atoms with E-state index in [1.807, 2.05) is 6.92 Å². The summed E-state index contributed by atoms with van der Waals surface area (Å²) >= 11 is 0. The van der Waals surface area contributed by atoms with Gasteiger partial charge in [-0.15, -0.1) is 0 Å². The highest BCUT2D eigenvalue weighted by molar-refractivity contribution is 5.72. The summed E-state index contributed by atoms with van der Waals surface area (Å²) < 4.78 is 5.06. The molecule has 3 nitrogen and oxygen atoms in total. The summed E-state index contributed by atoms with van der Waals surface area (Å²) in [5.41, 5.74) is 6.07. The van der Waals surface area contributed by atoms with Crippen molar-refractivity contribution in [3.63, 3.8) is 0 Å². The van der Waals surface area contributed by atoms with Crippen LogP contribution in [-0.4, -0.2) is 18.6 Å². The highest BCUT2D eigenvalue weighted by Gasteiger charge is 2.43. The summed E-state index contributed by atoms with van der Waals surface area (Å²) in [4.78, 5) is 11.6. The minimum atomic E-state index is -0.00343. The molecular formula is C11H19NO2. The topological polar surface area (TPSA) is 52.3 Å². The Kier molecular flexibility index (Phi) is 2.77. The van der Waals surface area contributed by atoms with Crippen molar-refractivity contribution in [2.75, 3.05) is 6.61 Å². The van der Waals surface area contributed by atoms with Gasteiger partial charge in [0, 0.05) is 6.04 Å². The monoisotopic (exact) mass is 197 g/mol. The maximum Gasteiger partial charge on any atom is 0.308 e. The van der Waals surface area contributed by atoms with Gasteiger partial charge in [0.05, 0.1) is 12.5 Å². The Balaban J connectivity index is 1.95. The Morgan fingerprint density at radius 3 is 2.43 bits per heavy atom. The van der Waals surface area contributed by atoms with Gasteiger partial charge in [-0.1, -0.05) is 0 Å². The van der Waals surface area contributed by atoms with E-state index >= 15 is 0 Å². The molecule has 2 unspecified atom stereocenters. The van der Waals surface area contributed by atoms with Gasteiger partial charge in [0.15, 0.2) is 0 Å². The van der Waals surface area contributed by atoms with Crippen molar-refractivity contribution < 1.29 is 9.53 Å². The van der Waals surface area contributed by atoms with Crippen LogP contribution in [0.15, 0.2) is 0 Å². The lowest BCUT2D eigenvalue weighted by Crippen LogP contribution is -2.40. The van der Waals surface area contributed by atoms with Gasteiger partial charge in [-0.3, -0.25) is 4.79 Å². The third-order valence-corrected chi connectivity index (χ3v) is 3.79. The van der Waals surface area contributed by atoms with Gasteiger partial charge in [0.1, 0.15) is 0 Å². The first-order valence-corrected chi connectivity index (χ1v) is 5.64. The molecular weight excluding hydrogens is 178 g/mol. The molecule has 80 valence electrons. The summed E-state index contributed by atoms with van der Waals surface area (Å²) in [6.07, 6.45) is 4.33. The summed E-state index contributed by atoms with van der Waals surface area (Å²) in [6, 6.07) is 0.348. The first-order chi connectivity index (χ1) is 6.72. The van der Waals surface area contributed by atoms with E-state index in [2.05, 4.69) is 0 Å². The molecule has 2 N–H and O–H groups in total. The molecule has 2 fully saturated rings. The Labute approximate surface area is 85.0 Å². The molecule has 14 heavy (non-hydrogen) atoms. The number of fused-ring (bicyclic) bond motifs is 2. The minimum Gasteiger partial charge on any atom is -0.466 e. The Morgan fingerprint density at radius 1 is 1.36 bits per heavy atom. The molecule has 0 aromatic carbocycles. The van der Waals surface area contributed by atoms with Gasteiger partial charge in [0.2, 0.25) is 0 Å². The first-order valence-electron chi connectivity index (χ1n) is 5.64. The molecule has 0 amide bonds. The van der Waals surface area contributed by atoms with Gasteiger partial charge in [0.25, 0.3) is 0 Å². The lowest BCUT2D eigenvalue weighted by Gasteiger charge is -2.31. The van der Waals surface area contributed by atoms with Crippen molar-refractivity contribution >= 4 is 5.97 Å². The van der Waals surface area contributed by atoms with E-state index in [-0.39, 0.29) is 11.9 Å². The maximum atomic E-state index is 11.6. The fraction of sp³-hybridized carbons (Fsp3) is 0.909. The van der Waals surface area contributed by atoms with Crippen LogP contribution in [0.4, 0.5) is 0 Å². The summed E-state index contributed by atoms with van der Waals surface area (Å²) in [7, 11) is 0. The third kappa shape index (κ3) is 1.65. The molecule has 0 spiro atoms. The third-order valence-electron chi connectivity index (χ3n) is 3.79. The van der Waals surface area contributed by atoms with E-state index in [1.54, 1.807) is 0 Å². The molecule has 2 aliphatic carbocycles. The highest BCUT2D eigenvalue weighted by atomic mass is 16.5. The van der Waals surface area contributed by atoms with Gasteiger partial charge >= 0.3 is 5.97 Å². The number of esters is 1. The van der Waals surface area contributed by atoms with Crippen LogP contribution in [-0.2, 0) is 9.53 Å². The van der Waals surface area contributed by atoms with Crippen molar-refractivity contribution in [2.45, 2.75) is 38.6 Å². The fourth-order valence-corrected chi connectivity index (χ4v) is 3.03. The quantitative estimate of drug-likeness (QED) is 0.679. The molecule has 2 bridgehead atoms. The van der Waals surface area contributed by atoms with Gasteiger partial charge in [-0.05, 0) is 44.4 Å². The molecule has 0 saturated heterocycles. The molecule has 0 radical (unpaired) electrons. The molecule has 2 saturated carbocycles. The smallest absolute Gasteiger partial charge is 0.308 e. The standard InChI is InChI=1S/C11H19NO2/c1-2-14-11(13)9-5-7-3-4-8(6-9)10(7)12/h7-10H,2-6,12H2,1H3/t7-,8+,9?,10?. The molecule has 4 atom stereocenters. The minimum absolute atomic E-state index is 0.00343. The molecule has 0 aromatic heterocycles. The van der Waals surface area contributed by atoms with Crippen molar-refractivity contribution in [3.05, 3.63) is 0 Å². The van der Waals surface area contributed by atoms with Crippen molar-refractivity contribution in [3.8, 4) is 0 Å². The summed E-state index contributed by atoms with van der Waals surface area (Å²) in [6.45, 7) is 2.36. The van der Waals surface area contributed by atoms with E-state index in [0.29, 0.717) is 24.5 Å². The van der Waals surface area contributed by atoms with E-state index in [9.17, 15) is 4.79 Å². The lowest BCUT2D eigenvalue weighted by atomic mass is 9.78. The zero-order valence-corrected chi connectivity index (χ0v) is 8.74. The van der Waals surface area contributed by atoms with Crippen LogP contribution in [0.25, 0.3) is 0 Å². The second-order valence-electron chi connectivity index (χ2n) is 4.60. The second-order valence-corrected chi connectivity index (χ2v) is 4.60. The molecule has 0 aromatic rings. The van der Waals surface area contributed by atoms with Gasteiger partial charge in [-0.25, -0.2) is 0 Å². The van der Waals surface area contributed by atoms with Gasteiger partial charge < -0.3 is 10.5 Å². The summed E-state index contributed by atoms with van der Waals surface area (Å²) in [5, 5.41) is 0. The number of nitrogens with two attached hydrogens (primary N) is 1. The van der Waals surface area contributed by atoms with Crippen LogP contribution in [0.1, 0.15) is 32.6 Å². The predicted octanol–water partition coefficient (Wildman–Crippen LogP) is 1.31. The highest BCUT2D eigenvalue weighted by Crippen LogP contribution is 2.44. The van der Waals surface area contributed by atoms with Crippen LogP contribution in [0.2, 0.25) is 0 Å². The van der Waals surface area contributed by atoms with Crippen LogP contribution in [0.3, 0.4) is 0 Å². The maximum absolute atomic E-state index is 11.6. The SMILES string of the molecule is CCOC(=O)C1C[C@H]2CC[C@@H](C1)C2N. The number of hydrogen-bond donors (Lipinski definition) is 1. The Bertz CT molecular complexity index is 215. The zero-order valence-electron chi connectivity index (χ0n) is 8.74. The molecule has 2 rings (SSSR count). The fourth-order valence-electron chi connectivity index (χ4n) is 3.03. The average molecular weight is 197 g/mol. The number of rotatable bonds is 2. The number of carbonyl (C=O) groups is 1. The van der Waals surface area contributed by atoms with Gasteiger partial charge in [-0.2, -0.15) is 0 Å². The van der Waals surface area contributed by atoms with Crippen molar-refractivity contribution in [1.29, 1.82) is 0 Å².